The molecule has 2 rings (SSSR count). The lowest BCUT2D eigenvalue weighted by atomic mass is 10.2. The van der Waals surface area contributed by atoms with E-state index in [9.17, 15) is 10.1 Å². The number of aromatic nitrogens is 1. The van der Waals surface area contributed by atoms with Gasteiger partial charge in [-0.25, -0.2) is 4.98 Å². The maximum atomic E-state index is 10.8. The smallest absolute Gasteiger partial charge is 0.258 e. The van der Waals surface area contributed by atoms with Crippen LogP contribution < -0.4 is 0 Å². The van der Waals surface area contributed by atoms with E-state index in [-0.39, 0.29) is 5.69 Å². The summed E-state index contributed by atoms with van der Waals surface area (Å²) in [5, 5.41) is 11.3. The van der Waals surface area contributed by atoms with Crippen LogP contribution in [0.3, 0.4) is 0 Å². The van der Waals surface area contributed by atoms with E-state index in [2.05, 4.69) is 4.98 Å². The maximum Gasteiger partial charge on any atom is 0.302 e. The number of pyridine rings is 1. The molecule has 0 N–H and O–H groups in total. The van der Waals surface area contributed by atoms with Crippen molar-refractivity contribution < 1.29 is 4.92 Å². The third-order valence-corrected chi connectivity index (χ3v) is 4.71. The van der Waals surface area contributed by atoms with Gasteiger partial charge in [0, 0.05) is 17.2 Å². The molecule has 0 aliphatic rings. The highest BCUT2D eigenvalue weighted by Crippen LogP contribution is 2.41. The van der Waals surface area contributed by atoms with Crippen LogP contribution in [-0.2, 0) is 0 Å². The Balaban J connectivity index is 2.16. The van der Waals surface area contributed by atoms with E-state index in [1.54, 1.807) is 12.3 Å². The Labute approximate surface area is 112 Å². The maximum absolute atomic E-state index is 10.8. The lowest BCUT2D eigenvalue weighted by molar-refractivity contribution is -0.388. The molecule has 0 amide bonds. The van der Waals surface area contributed by atoms with Crippen LogP contribution in [0.5, 0.6) is 0 Å². The summed E-state index contributed by atoms with van der Waals surface area (Å²) in [7, 11) is 2.79. The van der Waals surface area contributed by atoms with Crippen molar-refractivity contribution in [3.05, 3.63) is 58.3 Å². The van der Waals surface area contributed by atoms with Crippen LogP contribution in [0, 0.1) is 17.0 Å². The Kier molecular flexibility index (Phi) is 4.22. The molecule has 0 aliphatic carbocycles. The molecule has 0 radical (unpaired) electrons. The predicted octanol–water partition coefficient (Wildman–Crippen LogP) is 4.10. The minimum Gasteiger partial charge on any atom is -0.258 e. The minimum absolute atomic E-state index is 0.0450. The van der Waals surface area contributed by atoms with E-state index in [0.717, 1.165) is 10.5 Å². The van der Waals surface area contributed by atoms with E-state index in [1.807, 2.05) is 31.2 Å². The van der Waals surface area contributed by atoms with Crippen LogP contribution in [-0.4, -0.2) is 9.91 Å². The van der Waals surface area contributed by atoms with Gasteiger partial charge < -0.3 is 0 Å². The number of benzene rings is 1. The molecule has 0 fully saturated rings. The summed E-state index contributed by atoms with van der Waals surface area (Å²) < 4.78 is 0. The number of rotatable bonds is 4. The molecule has 6 heteroatoms. The second-order valence-corrected chi connectivity index (χ2v) is 5.68. The molecule has 0 atom stereocenters. The van der Waals surface area contributed by atoms with E-state index in [0.29, 0.717) is 5.03 Å². The van der Waals surface area contributed by atoms with Gasteiger partial charge in [0.05, 0.1) is 4.92 Å². The normalized spacial score (nSPS) is 10.3. The molecule has 0 bridgehead atoms. The third kappa shape index (κ3) is 3.02. The van der Waals surface area contributed by atoms with Crippen LogP contribution >= 0.6 is 21.6 Å². The van der Waals surface area contributed by atoms with Crippen molar-refractivity contribution in [2.75, 3.05) is 0 Å². The topological polar surface area (TPSA) is 56.0 Å². The molecule has 4 nitrogen and oxygen atoms in total. The Morgan fingerprint density at radius 1 is 1.17 bits per heavy atom. The molecule has 1 aromatic carbocycles. The minimum atomic E-state index is -0.409. The molecule has 1 heterocycles. The fourth-order valence-electron chi connectivity index (χ4n) is 1.32. The zero-order valence-electron chi connectivity index (χ0n) is 9.57. The zero-order chi connectivity index (χ0) is 13.0. The van der Waals surface area contributed by atoms with E-state index in [4.69, 9.17) is 0 Å². The standard InChI is InChI=1S/C12H10N2O2S2/c1-9-5-2-3-7-11(9)17-18-12-10(14(15)16)6-4-8-13-12/h2-8H,1H3. The van der Waals surface area contributed by atoms with Crippen molar-refractivity contribution in [1.82, 2.24) is 4.98 Å². The first-order valence-electron chi connectivity index (χ1n) is 5.18. The quantitative estimate of drug-likeness (QED) is 0.479. The van der Waals surface area contributed by atoms with Crippen LogP contribution in [0.4, 0.5) is 5.69 Å². The van der Waals surface area contributed by atoms with E-state index < -0.39 is 4.92 Å². The van der Waals surface area contributed by atoms with Crippen molar-refractivity contribution >= 4 is 27.3 Å². The number of nitrogens with zero attached hydrogens (tertiary/aromatic N) is 2. The molecule has 2 aromatic rings. The first-order valence-corrected chi connectivity index (χ1v) is 7.33. The molecule has 0 saturated carbocycles. The first-order chi connectivity index (χ1) is 8.68. The highest BCUT2D eigenvalue weighted by atomic mass is 33.1. The summed E-state index contributed by atoms with van der Waals surface area (Å²) >= 11 is 0. The van der Waals surface area contributed by atoms with Crippen LogP contribution in [0.15, 0.2) is 52.5 Å². The van der Waals surface area contributed by atoms with Gasteiger partial charge in [0.2, 0.25) is 0 Å². The van der Waals surface area contributed by atoms with Gasteiger partial charge in [-0.2, -0.15) is 0 Å². The number of aryl methyl sites for hydroxylation is 1. The fourth-order valence-corrected chi connectivity index (χ4v) is 3.61. The molecule has 92 valence electrons. The SMILES string of the molecule is Cc1ccccc1SSc1ncccc1[N+](=O)[O-]. The monoisotopic (exact) mass is 278 g/mol. The van der Waals surface area contributed by atoms with Crippen molar-refractivity contribution in [3.8, 4) is 0 Å². The largest absolute Gasteiger partial charge is 0.302 e. The van der Waals surface area contributed by atoms with Crippen LogP contribution in [0.25, 0.3) is 0 Å². The van der Waals surface area contributed by atoms with Gasteiger partial charge in [-0.3, -0.25) is 10.1 Å². The van der Waals surface area contributed by atoms with Gasteiger partial charge in [0.25, 0.3) is 0 Å². The van der Waals surface area contributed by atoms with Gasteiger partial charge in [-0.05, 0) is 35.4 Å². The van der Waals surface area contributed by atoms with E-state index >= 15 is 0 Å². The van der Waals surface area contributed by atoms with Crippen LogP contribution in [0.1, 0.15) is 5.56 Å². The Morgan fingerprint density at radius 3 is 2.67 bits per heavy atom. The molecule has 0 unspecified atom stereocenters. The second-order valence-electron chi connectivity index (χ2n) is 3.52. The summed E-state index contributed by atoms with van der Waals surface area (Å²) in [6.45, 7) is 2.01. The molecular formula is C12H10N2O2S2. The van der Waals surface area contributed by atoms with Gasteiger partial charge in [0.15, 0.2) is 5.03 Å². The number of nitro groups is 1. The fraction of sp³-hybridized carbons (Fsp3) is 0.0833. The number of hydrogen-bond donors (Lipinski definition) is 0. The summed E-state index contributed by atoms with van der Waals surface area (Å²) in [6, 6.07) is 10.9. The van der Waals surface area contributed by atoms with Gasteiger partial charge >= 0.3 is 5.69 Å². The average Bonchev–Trinajstić information content (AvgIpc) is 2.38. The van der Waals surface area contributed by atoms with Crippen molar-refractivity contribution in [3.63, 3.8) is 0 Å². The molecule has 0 spiro atoms. The van der Waals surface area contributed by atoms with Gasteiger partial charge in [-0.1, -0.05) is 29.0 Å². The summed E-state index contributed by atoms with van der Waals surface area (Å²) in [6.07, 6.45) is 1.56. The highest BCUT2D eigenvalue weighted by Gasteiger charge is 2.15. The Hall–Kier alpha value is -1.53. The zero-order valence-corrected chi connectivity index (χ0v) is 11.2. The molecule has 1 aromatic heterocycles. The summed E-state index contributed by atoms with van der Waals surface area (Å²) in [5.74, 6) is 0. The van der Waals surface area contributed by atoms with E-state index in [1.165, 1.54) is 27.7 Å². The second kappa shape index (κ2) is 5.88. The van der Waals surface area contributed by atoms with Gasteiger partial charge in [0.1, 0.15) is 0 Å². The predicted molar refractivity (Wildman–Crippen MR) is 73.8 cm³/mol. The average molecular weight is 278 g/mol. The summed E-state index contributed by atoms with van der Waals surface area (Å²) in [4.78, 5) is 15.6. The summed E-state index contributed by atoms with van der Waals surface area (Å²) in [5.41, 5.74) is 1.19. The first kappa shape index (κ1) is 12.9. The molecule has 0 aliphatic heterocycles. The Bertz CT molecular complexity index is 576. The van der Waals surface area contributed by atoms with Gasteiger partial charge in [-0.15, -0.1) is 0 Å². The van der Waals surface area contributed by atoms with Crippen molar-refractivity contribution in [2.24, 2.45) is 0 Å². The Morgan fingerprint density at radius 2 is 1.94 bits per heavy atom. The van der Waals surface area contributed by atoms with Crippen molar-refractivity contribution in [1.29, 1.82) is 0 Å². The highest BCUT2D eigenvalue weighted by molar-refractivity contribution is 8.76. The third-order valence-electron chi connectivity index (χ3n) is 2.25. The lowest BCUT2D eigenvalue weighted by Gasteiger charge is -2.03. The molecular weight excluding hydrogens is 268 g/mol. The lowest BCUT2D eigenvalue weighted by Crippen LogP contribution is -1.91. The molecule has 18 heavy (non-hydrogen) atoms. The van der Waals surface area contributed by atoms with Crippen molar-refractivity contribution in [2.45, 2.75) is 16.8 Å². The molecule has 0 saturated heterocycles. The van der Waals surface area contributed by atoms with Crippen LogP contribution in [0.2, 0.25) is 0 Å². The number of hydrogen-bond acceptors (Lipinski definition) is 5.